The molecule has 0 saturated carbocycles. The molecule has 7 nitrogen and oxygen atoms in total. The first-order chi connectivity index (χ1) is 7.79. The Balaban J connectivity index is 1.99. The van der Waals surface area contributed by atoms with Crippen LogP contribution in [0.4, 0.5) is 5.95 Å². The molecule has 0 bridgehead atoms. The van der Waals surface area contributed by atoms with Crippen molar-refractivity contribution in [1.29, 1.82) is 0 Å². The van der Waals surface area contributed by atoms with Gasteiger partial charge in [0.2, 0.25) is 17.7 Å². The van der Waals surface area contributed by atoms with Crippen LogP contribution >= 0.6 is 0 Å². The second kappa shape index (κ2) is 4.86. The van der Waals surface area contributed by atoms with Crippen LogP contribution in [0, 0.1) is 0 Å². The van der Waals surface area contributed by atoms with E-state index in [1.165, 1.54) is 13.3 Å². The molecule has 1 fully saturated rings. The molecule has 3 N–H and O–H groups in total. The number of carbonyl (C=O) groups is 1. The second-order valence-electron chi connectivity index (χ2n) is 3.32. The lowest BCUT2D eigenvalue weighted by Crippen LogP contribution is -2.39. The molecule has 0 aliphatic carbocycles. The average Bonchev–Trinajstić information content (AvgIpc) is 2.83. The van der Waals surface area contributed by atoms with E-state index in [1.807, 2.05) is 0 Å². The van der Waals surface area contributed by atoms with E-state index in [2.05, 4.69) is 26.1 Å². The minimum atomic E-state index is -0.241. The van der Waals surface area contributed by atoms with Crippen molar-refractivity contribution >= 4 is 11.9 Å². The van der Waals surface area contributed by atoms with Crippen molar-refractivity contribution in [2.24, 2.45) is 0 Å². The molecule has 7 heteroatoms. The zero-order valence-corrected chi connectivity index (χ0v) is 8.86. The van der Waals surface area contributed by atoms with Crippen molar-refractivity contribution in [1.82, 2.24) is 20.8 Å². The SMILES string of the molecule is COc1ccnc(NC(=O)C2CCNN2)n1. The predicted molar refractivity (Wildman–Crippen MR) is 56.8 cm³/mol. The number of rotatable bonds is 3. The summed E-state index contributed by atoms with van der Waals surface area (Å²) >= 11 is 0. The largest absolute Gasteiger partial charge is 0.481 e. The molecule has 1 aliphatic rings. The number of aromatic nitrogens is 2. The monoisotopic (exact) mass is 223 g/mol. The first-order valence-electron chi connectivity index (χ1n) is 4.96. The number of hydrogen-bond donors (Lipinski definition) is 3. The molecule has 2 heterocycles. The maximum absolute atomic E-state index is 11.7. The number of nitrogens with zero attached hydrogens (tertiary/aromatic N) is 2. The highest BCUT2D eigenvalue weighted by molar-refractivity contribution is 5.93. The highest BCUT2D eigenvalue weighted by atomic mass is 16.5. The van der Waals surface area contributed by atoms with Crippen LogP contribution in [-0.2, 0) is 4.79 Å². The van der Waals surface area contributed by atoms with Gasteiger partial charge in [-0.25, -0.2) is 10.4 Å². The van der Waals surface area contributed by atoms with Gasteiger partial charge in [-0.15, -0.1) is 0 Å². The summed E-state index contributed by atoms with van der Waals surface area (Å²) in [6.07, 6.45) is 2.28. The summed E-state index contributed by atoms with van der Waals surface area (Å²) in [7, 11) is 1.51. The molecule has 0 aromatic carbocycles. The summed E-state index contributed by atoms with van der Waals surface area (Å²) < 4.78 is 4.93. The van der Waals surface area contributed by atoms with Gasteiger partial charge in [-0.3, -0.25) is 15.5 Å². The van der Waals surface area contributed by atoms with Gasteiger partial charge in [-0.05, 0) is 6.42 Å². The van der Waals surface area contributed by atoms with Crippen LogP contribution < -0.4 is 20.9 Å². The summed E-state index contributed by atoms with van der Waals surface area (Å²) in [5.74, 6) is 0.513. The minimum Gasteiger partial charge on any atom is -0.481 e. The van der Waals surface area contributed by atoms with Crippen LogP contribution in [0.15, 0.2) is 12.3 Å². The Morgan fingerprint density at radius 1 is 1.69 bits per heavy atom. The smallest absolute Gasteiger partial charge is 0.245 e. The molecule has 1 aromatic heterocycles. The number of hydrazine groups is 1. The van der Waals surface area contributed by atoms with E-state index in [0.29, 0.717) is 5.88 Å². The maximum Gasteiger partial charge on any atom is 0.245 e. The van der Waals surface area contributed by atoms with Crippen molar-refractivity contribution in [3.63, 3.8) is 0 Å². The zero-order valence-electron chi connectivity index (χ0n) is 8.86. The molecule has 2 rings (SSSR count). The van der Waals surface area contributed by atoms with Crippen molar-refractivity contribution in [3.8, 4) is 5.88 Å². The predicted octanol–water partition coefficient (Wildman–Crippen LogP) is -0.710. The van der Waals surface area contributed by atoms with Gasteiger partial charge in [0, 0.05) is 18.8 Å². The van der Waals surface area contributed by atoms with Gasteiger partial charge in [0.1, 0.15) is 6.04 Å². The fourth-order valence-corrected chi connectivity index (χ4v) is 1.39. The normalized spacial score (nSPS) is 19.4. The molecule has 1 atom stereocenters. The number of amides is 1. The van der Waals surface area contributed by atoms with Crippen molar-refractivity contribution in [2.45, 2.75) is 12.5 Å². The van der Waals surface area contributed by atoms with Gasteiger partial charge in [0.25, 0.3) is 0 Å². The van der Waals surface area contributed by atoms with E-state index in [1.54, 1.807) is 6.07 Å². The lowest BCUT2D eigenvalue weighted by molar-refractivity contribution is -0.117. The average molecular weight is 223 g/mol. The van der Waals surface area contributed by atoms with Crippen LogP contribution in [-0.4, -0.2) is 35.6 Å². The Morgan fingerprint density at radius 3 is 3.25 bits per heavy atom. The van der Waals surface area contributed by atoms with E-state index < -0.39 is 0 Å². The van der Waals surface area contributed by atoms with Crippen LogP contribution in [0.2, 0.25) is 0 Å². The number of nitrogens with one attached hydrogen (secondary N) is 3. The third-order valence-corrected chi connectivity index (χ3v) is 2.22. The summed E-state index contributed by atoms with van der Waals surface area (Å²) in [6.45, 7) is 0.775. The van der Waals surface area contributed by atoms with E-state index in [9.17, 15) is 4.79 Å². The van der Waals surface area contributed by atoms with Gasteiger partial charge in [-0.2, -0.15) is 4.98 Å². The first kappa shape index (κ1) is 10.8. The van der Waals surface area contributed by atoms with Crippen molar-refractivity contribution in [3.05, 3.63) is 12.3 Å². The molecule has 0 radical (unpaired) electrons. The second-order valence-corrected chi connectivity index (χ2v) is 3.32. The number of anilines is 1. The lowest BCUT2D eigenvalue weighted by Gasteiger charge is -2.09. The van der Waals surface area contributed by atoms with Crippen LogP contribution in [0.5, 0.6) is 5.88 Å². The zero-order chi connectivity index (χ0) is 11.4. The fraction of sp³-hybridized carbons (Fsp3) is 0.444. The molecule has 1 amide bonds. The number of hydrogen-bond acceptors (Lipinski definition) is 6. The third kappa shape index (κ3) is 2.44. The highest BCUT2D eigenvalue weighted by Crippen LogP contribution is 2.08. The number of methoxy groups -OCH3 is 1. The Labute approximate surface area is 92.6 Å². The molecular weight excluding hydrogens is 210 g/mol. The molecule has 1 saturated heterocycles. The lowest BCUT2D eigenvalue weighted by atomic mass is 10.2. The van der Waals surface area contributed by atoms with Gasteiger partial charge >= 0.3 is 0 Å². The summed E-state index contributed by atoms with van der Waals surface area (Å²) in [4.78, 5) is 19.6. The molecule has 0 spiro atoms. The van der Waals surface area contributed by atoms with Gasteiger partial charge in [-0.1, -0.05) is 0 Å². The topological polar surface area (TPSA) is 88.2 Å². The quantitative estimate of drug-likeness (QED) is 0.627. The standard InChI is InChI=1S/C9H13N5O2/c1-16-7-3-4-10-9(12-7)13-8(15)6-2-5-11-14-6/h3-4,6,11,14H,2,5H2,1H3,(H,10,12,13,15). The molecule has 1 unspecified atom stereocenters. The summed E-state index contributed by atoms with van der Waals surface area (Å²) in [5, 5.41) is 2.61. The van der Waals surface area contributed by atoms with Crippen molar-refractivity contribution < 1.29 is 9.53 Å². The van der Waals surface area contributed by atoms with E-state index in [0.717, 1.165) is 13.0 Å². The Kier molecular flexibility index (Phi) is 3.28. The highest BCUT2D eigenvalue weighted by Gasteiger charge is 2.22. The first-order valence-corrected chi connectivity index (χ1v) is 4.96. The van der Waals surface area contributed by atoms with Crippen LogP contribution in [0.25, 0.3) is 0 Å². The van der Waals surface area contributed by atoms with Crippen molar-refractivity contribution in [2.75, 3.05) is 19.0 Å². The molecule has 86 valence electrons. The summed E-state index contributed by atoms with van der Waals surface area (Å²) in [6, 6.07) is 1.38. The molecule has 1 aromatic rings. The fourth-order valence-electron chi connectivity index (χ4n) is 1.39. The van der Waals surface area contributed by atoms with E-state index >= 15 is 0 Å². The van der Waals surface area contributed by atoms with Crippen LogP contribution in [0.3, 0.4) is 0 Å². The van der Waals surface area contributed by atoms with E-state index in [4.69, 9.17) is 4.74 Å². The number of carbonyl (C=O) groups excluding carboxylic acids is 1. The van der Waals surface area contributed by atoms with Gasteiger partial charge < -0.3 is 4.74 Å². The maximum atomic E-state index is 11.7. The van der Waals surface area contributed by atoms with Gasteiger partial charge in [0.15, 0.2) is 0 Å². The molecule has 16 heavy (non-hydrogen) atoms. The van der Waals surface area contributed by atoms with Crippen LogP contribution in [0.1, 0.15) is 6.42 Å². The minimum absolute atomic E-state index is 0.154. The molecule has 1 aliphatic heterocycles. The number of ether oxygens (including phenoxy) is 1. The third-order valence-electron chi connectivity index (χ3n) is 2.22. The van der Waals surface area contributed by atoms with E-state index in [-0.39, 0.29) is 17.9 Å². The Morgan fingerprint density at radius 2 is 2.56 bits per heavy atom. The summed E-state index contributed by atoms with van der Waals surface area (Å²) in [5.41, 5.74) is 5.74. The Hall–Kier alpha value is -1.73. The van der Waals surface area contributed by atoms with Gasteiger partial charge in [0.05, 0.1) is 7.11 Å². The Bertz CT molecular complexity index is 378. The molecular formula is C9H13N5O2.